The molecule has 2 aliphatic rings. The summed E-state index contributed by atoms with van der Waals surface area (Å²) in [6.07, 6.45) is 7.57. The standard InChI is InChI=1S/C18H21N5O/c24-18(20-15-3-4-15)13-7-10-23(11-8-13)17-6-5-16(21-22-17)14-2-1-9-19-12-14/h1-2,5-6,9,12-13,15H,3-4,7-8,10-11H2,(H,20,24). The summed E-state index contributed by atoms with van der Waals surface area (Å²) >= 11 is 0. The van der Waals surface area contributed by atoms with Crippen LogP contribution in [0.3, 0.4) is 0 Å². The molecule has 1 N–H and O–H groups in total. The minimum atomic E-state index is 0.143. The van der Waals surface area contributed by atoms with Gasteiger partial charge in [-0.3, -0.25) is 9.78 Å². The molecule has 2 aromatic heterocycles. The summed E-state index contributed by atoms with van der Waals surface area (Å²) < 4.78 is 0. The lowest BCUT2D eigenvalue weighted by molar-refractivity contribution is -0.125. The fraction of sp³-hybridized carbons (Fsp3) is 0.444. The van der Waals surface area contributed by atoms with Crippen LogP contribution in [0.25, 0.3) is 11.3 Å². The first-order chi connectivity index (χ1) is 11.8. The molecule has 2 aromatic rings. The SMILES string of the molecule is O=C(NC1CC1)C1CCN(c2ccc(-c3cccnc3)nn2)CC1. The number of carbonyl (C=O) groups is 1. The van der Waals surface area contributed by atoms with Crippen LogP contribution < -0.4 is 10.2 Å². The zero-order chi connectivity index (χ0) is 16.4. The van der Waals surface area contributed by atoms with E-state index in [4.69, 9.17) is 0 Å². The highest BCUT2D eigenvalue weighted by molar-refractivity contribution is 5.79. The molecule has 0 atom stereocenters. The van der Waals surface area contributed by atoms with Crippen molar-refractivity contribution in [3.8, 4) is 11.3 Å². The van der Waals surface area contributed by atoms with Crippen molar-refractivity contribution in [2.75, 3.05) is 18.0 Å². The molecule has 124 valence electrons. The number of nitrogens with one attached hydrogen (secondary N) is 1. The molecule has 1 amide bonds. The third-order valence-corrected chi connectivity index (χ3v) is 4.72. The van der Waals surface area contributed by atoms with Crippen molar-refractivity contribution >= 4 is 11.7 Å². The van der Waals surface area contributed by atoms with Gasteiger partial charge in [-0.15, -0.1) is 10.2 Å². The van der Waals surface area contributed by atoms with Gasteiger partial charge in [0, 0.05) is 43.0 Å². The number of piperidine rings is 1. The third kappa shape index (κ3) is 3.37. The molecule has 0 unspecified atom stereocenters. The molecule has 4 rings (SSSR count). The number of nitrogens with zero attached hydrogens (tertiary/aromatic N) is 4. The van der Waals surface area contributed by atoms with Crippen LogP contribution in [0.1, 0.15) is 25.7 Å². The molecule has 24 heavy (non-hydrogen) atoms. The van der Waals surface area contributed by atoms with Crippen molar-refractivity contribution in [1.29, 1.82) is 0 Å². The molecule has 6 nitrogen and oxygen atoms in total. The normalized spacial score (nSPS) is 18.4. The van der Waals surface area contributed by atoms with E-state index >= 15 is 0 Å². The summed E-state index contributed by atoms with van der Waals surface area (Å²) in [6, 6.07) is 8.29. The van der Waals surface area contributed by atoms with Gasteiger partial charge in [0.1, 0.15) is 0 Å². The van der Waals surface area contributed by atoms with Gasteiger partial charge in [-0.05, 0) is 49.9 Å². The zero-order valence-corrected chi connectivity index (χ0v) is 13.6. The van der Waals surface area contributed by atoms with Crippen molar-refractivity contribution in [1.82, 2.24) is 20.5 Å². The summed E-state index contributed by atoms with van der Waals surface area (Å²) in [5.74, 6) is 1.25. The lowest BCUT2D eigenvalue weighted by Gasteiger charge is -2.31. The van der Waals surface area contributed by atoms with E-state index in [1.165, 1.54) is 0 Å². The monoisotopic (exact) mass is 323 g/mol. The smallest absolute Gasteiger partial charge is 0.223 e. The highest BCUT2D eigenvalue weighted by Crippen LogP contribution is 2.25. The lowest BCUT2D eigenvalue weighted by Crippen LogP contribution is -2.41. The number of carbonyl (C=O) groups excluding carboxylic acids is 1. The largest absolute Gasteiger partial charge is 0.355 e. The molecular weight excluding hydrogens is 302 g/mol. The summed E-state index contributed by atoms with van der Waals surface area (Å²) in [7, 11) is 0. The van der Waals surface area contributed by atoms with E-state index in [0.717, 1.165) is 55.8 Å². The predicted molar refractivity (Wildman–Crippen MR) is 91.4 cm³/mol. The first-order valence-electron chi connectivity index (χ1n) is 8.59. The minimum Gasteiger partial charge on any atom is -0.355 e. The zero-order valence-electron chi connectivity index (χ0n) is 13.6. The molecule has 1 saturated carbocycles. The number of rotatable bonds is 4. The Hall–Kier alpha value is -2.50. The van der Waals surface area contributed by atoms with Crippen LogP contribution in [-0.2, 0) is 4.79 Å². The quantitative estimate of drug-likeness (QED) is 0.932. The van der Waals surface area contributed by atoms with Crippen LogP contribution >= 0.6 is 0 Å². The lowest BCUT2D eigenvalue weighted by atomic mass is 9.96. The number of hydrogen-bond acceptors (Lipinski definition) is 5. The Kier molecular flexibility index (Phi) is 4.11. The maximum absolute atomic E-state index is 12.1. The summed E-state index contributed by atoms with van der Waals surface area (Å²) in [5, 5.41) is 11.8. The van der Waals surface area contributed by atoms with E-state index in [1.54, 1.807) is 12.4 Å². The van der Waals surface area contributed by atoms with Crippen LogP contribution in [0.5, 0.6) is 0 Å². The minimum absolute atomic E-state index is 0.143. The molecule has 2 fully saturated rings. The maximum Gasteiger partial charge on any atom is 0.223 e. The van der Waals surface area contributed by atoms with E-state index in [1.807, 2.05) is 24.3 Å². The second kappa shape index (κ2) is 6.55. The van der Waals surface area contributed by atoms with Gasteiger partial charge in [-0.1, -0.05) is 0 Å². The van der Waals surface area contributed by atoms with Crippen LogP contribution in [0.15, 0.2) is 36.7 Å². The van der Waals surface area contributed by atoms with Crippen molar-refractivity contribution in [2.45, 2.75) is 31.7 Å². The number of anilines is 1. The first-order valence-corrected chi connectivity index (χ1v) is 8.59. The van der Waals surface area contributed by atoms with E-state index < -0.39 is 0 Å². The van der Waals surface area contributed by atoms with Crippen molar-refractivity contribution in [3.05, 3.63) is 36.7 Å². The highest BCUT2D eigenvalue weighted by Gasteiger charge is 2.30. The maximum atomic E-state index is 12.1. The van der Waals surface area contributed by atoms with Gasteiger partial charge in [-0.2, -0.15) is 0 Å². The molecule has 0 bridgehead atoms. The van der Waals surface area contributed by atoms with Crippen molar-refractivity contribution in [3.63, 3.8) is 0 Å². The number of hydrogen-bond donors (Lipinski definition) is 1. The van der Waals surface area contributed by atoms with Crippen LogP contribution in [0.2, 0.25) is 0 Å². The van der Waals surface area contributed by atoms with Crippen LogP contribution in [0, 0.1) is 5.92 Å². The second-order valence-corrected chi connectivity index (χ2v) is 6.56. The van der Waals surface area contributed by atoms with Crippen molar-refractivity contribution < 1.29 is 4.79 Å². The Morgan fingerprint density at radius 3 is 2.54 bits per heavy atom. The topological polar surface area (TPSA) is 71.0 Å². The van der Waals surface area contributed by atoms with Gasteiger partial charge >= 0.3 is 0 Å². The van der Waals surface area contributed by atoms with Crippen molar-refractivity contribution in [2.24, 2.45) is 5.92 Å². The number of aromatic nitrogens is 3. The van der Waals surface area contributed by atoms with Gasteiger partial charge in [0.05, 0.1) is 5.69 Å². The molecule has 0 radical (unpaired) electrons. The predicted octanol–water partition coefficient (Wildman–Crippen LogP) is 2.03. The third-order valence-electron chi connectivity index (χ3n) is 4.72. The fourth-order valence-corrected chi connectivity index (χ4v) is 3.08. The van der Waals surface area contributed by atoms with Gasteiger partial charge in [0.25, 0.3) is 0 Å². The molecule has 3 heterocycles. The Labute approximate surface area is 141 Å². The molecule has 1 saturated heterocycles. The molecule has 0 spiro atoms. The Morgan fingerprint density at radius 1 is 1.08 bits per heavy atom. The van der Waals surface area contributed by atoms with Gasteiger partial charge in [-0.25, -0.2) is 0 Å². The van der Waals surface area contributed by atoms with Crippen LogP contribution in [-0.4, -0.2) is 40.2 Å². The van der Waals surface area contributed by atoms with E-state index in [2.05, 4.69) is 25.4 Å². The Balaban J connectivity index is 1.36. The van der Waals surface area contributed by atoms with E-state index in [-0.39, 0.29) is 11.8 Å². The average Bonchev–Trinajstić information content (AvgIpc) is 3.47. The fourth-order valence-electron chi connectivity index (χ4n) is 3.08. The first kappa shape index (κ1) is 15.1. The number of pyridine rings is 1. The van der Waals surface area contributed by atoms with Gasteiger partial charge < -0.3 is 10.2 Å². The van der Waals surface area contributed by atoms with Gasteiger partial charge in [0.15, 0.2) is 5.82 Å². The Morgan fingerprint density at radius 2 is 1.92 bits per heavy atom. The molecular formula is C18H21N5O. The molecule has 1 aliphatic carbocycles. The summed E-state index contributed by atoms with van der Waals surface area (Å²) in [6.45, 7) is 1.70. The highest BCUT2D eigenvalue weighted by atomic mass is 16.2. The van der Waals surface area contributed by atoms with Crippen LogP contribution in [0.4, 0.5) is 5.82 Å². The molecule has 0 aromatic carbocycles. The summed E-state index contributed by atoms with van der Waals surface area (Å²) in [5.41, 5.74) is 1.79. The molecule has 6 heteroatoms. The van der Waals surface area contributed by atoms with Gasteiger partial charge in [0.2, 0.25) is 5.91 Å². The summed E-state index contributed by atoms with van der Waals surface area (Å²) in [4.78, 5) is 18.4. The average molecular weight is 323 g/mol. The van der Waals surface area contributed by atoms with E-state index in [9.17, 15) is 4.79 Å². The second-order valence-electron chi connectivity index (χ2n) is 6.56. The Bertz CT molecular complexity index is 691. The van der Waals surface area contributed by atoms with E-state index in [0.29, 0.717) is 6.04 Å². The molecule has 1 aliphatic heterocycles. The number of amides is 1.